The molecule has 0 heterocycles. The van der Waals surface area contributed by atoms with Crippen LogP contribution < -0.4 is 0 Å². The van der Waals surface area contributed by atoms with Gasteiger partial charge in [-0.15, -0.1) is 0 Å². The van der Waals surface area contributed by atoms with Crippen LogP contribution in [0.3, 0.4) is 0 Å². The van der Waals surface area contributed by atoms with E-state index in [9.17, 15) is 9.90 Å². The summed E-state index contributed by atoms with van der Waals surface area (Å²) in [5, 5.41) is 9.55. The van der Waals surface area contributed by atoms with Crippen molar-refractivity contribution < 1.29 is 19.4 Å². The van der Waals surface area contributed by atoms with E-state index in [0.717, 1.165) is 89.9 Å². The fourth-order valence-electron chi connectivity index (χ4n) is 4.68. The third-order valence-corrected chi connectivity index (χ3v) is 7.45. The van der Waals surface area contributed by atoms with Crippen molar-refractivity contribution in [3.8, 4) is 0 Å². The van der Waals surface area contributed by atoms with E-state index in [-0.39, 0.29) is 19.2 Å². The number of allylic oxidation sites excluding steroid dienone is 14. The Morgan fingerprint density at radius 3 is 1.50 bits per heavy atom. The second kappa shape index (κ2) is 38.8. The summed E-state index contributed by atoms with van der Waals surface area (Å²) < 4.78 is 11.1. The molecule has 0 spiro atoms. The molecule has 0 aromatic carbocycles. The number of carbonyl (C=O) groups excluding carboxylic acids is 1. The zero-order chi connectivity index (χ0) is 33.4. The molecule has 0 aliphatic carbocycles. The van der Waals surface area contributed by atoms with Gasteiger partial charge in [-0.1, -0.05) is 137 Å². The van der Waals surface area contributed by atoms with Crippen molar-refractivity contribution in [1.82, 2.24) is 0 Å². The van der Waals surface area contributed by atoms with Gasteiger partial charge in [0.05, 0.1) is 13.2 Å². The molecule has 0 aromatic heterocycles. The molecule has 262 valence electrons. The molecular weight excluding hydrogens is 568 g/mol. The molecule has 0 aliphatic rings. The second-order valence-corrected chi connectivity index (χ2v) is 11.9. The molecule has 0 radical (unpaired) electrons. The number of carbonyl (C=O) groups is 1. The summed E-state index contributed by atoms with van der Waals surface area (Å²) in [4.78, 5) is 12.1. The average Bonchev–Trinajstić information content (AvgIpc) is 3.06. The van der Waals surface area contributed by atoms with E-state index in [1.807, 2.05) is 0 Å². The standard InChI is InChI=1S/C42H70O4/c1-3-5-7-9-11-13-15-17-18-19-20-21-22-23-24-25-26-28-30-32-34-36-38-45-40-41(39-43)46-42(44)37-35-33-31-29-27-16-14-12-10-8-6-4-2/h5,7,11-14,17-18,20-21,23-24,26,28,41,43H,3-4,6,8-10,15-16,19,22,25,27,29-40H2,1-2H3/b7-5-,13-11-,14-12-,18-17-,21-20-,24-23-,28-26-. The Morgan fingerprint density at radius 2 is 0.978 bits per heavy atom. The molecule has 4 nitrogen and oxygen atoms in total. The summed E-state index contributed by atoms with van der Waals surface area (Å²) in [5.74, 6) is -0.228. The minimum absolute atomic E-state index is 0.194. The first kappa shape index (κ1) is 43.6. The first-order valence-electron chi connectivity index (χ1n) is 18.7. The minimum atomic E-state index is -0.560. The minimum Gasteiger partial charge on any atom is -0.457 e. The van der Waals surface area contributed by atoms with Crippen LogP contribution in [0.15, 0.2) is 85.1 Å². The molecule has 1 atom stereocenters. The molecule has 0 fully saturated rings. The number of aliphatic hydroxyl groups excluding tert-OH is 1. The molecule has 1 N–H and O–H groups in total. The summed E-state index contributed by atoms with van der Waals surface area (Å²) in [5.41, 5.74) is 0. The number of hydrogen-bond acceptors (Lipinski definition) is 4. The molecule has 0 saturated carbocycles. The first-order chi connectivity index (χ1) is 22.7. The quantitative estimate of drug-likeness (QED) is 0.0441. The highest BCUT2D eigenvalue weighted by atomic mass is 16.6. The van der Waals surface area contributed by atoms with Crippen molar-refractivity contribution >= 4 is 5.97 Å². The van der Waals surface area contributed by atoms with E-state index >= 15 is 0 Å². The molecule has 46 heavy (non-hydrogen) atoms. The lowest BCUT2D eigenvalue weighted by molar-refractivity contribution is -0.154. The number of esters is 1. The van der Waals surface area contributed by atoms with E-state index in [0.29, 0.717) is 13.0 Å². The lowest BCUT2D eigenvalue weighted by atomic mass is 10.1. The lowest BCUT2D eigenvalue weighted by Crippen LogP contribution is -2.27. The molecule has 0 rings (SSSR count). The van der Waals surface area contributed by atoms with Crippen LogP contribution in [0.4, 0.5) is 0 Å². The van der Waals surface area contributed by atoms with Crippen LogP contribution >= 0.6 is 0 Å². The number of hydrogen-bond donors (Lipinski definition) is 1. The Morgan fingerprint density at radius 1 is 0.543 bits per heavy atom. The molecule has 4 heteroatoms. The van der Waals surface area contributed by atoms with Gasteiger partial charge in [0, 0.05) is 13.0 Å². The molecule has 0 amide bonds. The van der Waals surface area contributed by atoms with Crippen LogP contribution in [0.5, 0.6) is 0 Å². The molecule has 0 aliphatic heterocycles. The van der Waals surface area contributed by atoms with Gasteiger partial charge in [-0.25, -0.2) is 0 Å². The zero-order valence-electron chi connectivity index (χ0n) is 29.8. The highest BCUT2D eigenvalue weighted by Gasteiger charge is 2.13. The lowest BCUT2D eigenvalue weighted by Gasteiger charge is -2.15. The number of unbranched alkanes of at least 4 members (excludes halogenated alkanes) is 11. The van der Waals surface area contributed by atoms with Gasteiger partial charge in [-0.3, -0.25) is 4.79 Å². The van der Waals surface area contributed by atoms with Gasteiger partial charge >= 0.3 is 5.97 Å². The Hall–Kier alpha value is -2.43. The van der Waals surface area contributed by atoms with Gasteiger partial charge in [0.2, 0.25) is 0 Å². The van der Waals surface area contributed by atoms with Crippen molar-refractivity contribution in [2.75, 3.05) is 19.8 Å². The predicted octanol–water partition coefficient (Wildman–Crippen LogP) is 12.0. The average molecular weight is 639 g/mol. The maximum absolute atomic E-state index is 12.1. The zero-order valence-corrected chi connectivity index (χ0v) is 29.8. The van der Waals surface area contributed by atoms with Crippen molar-refractivity contribution in [3.05, 3.63) is 85.1 Å². The van der Waals surface area contributed by atoms with Crippen LogP contribution in [-0.2, 0) is 14.3 Å². The van der Waals surface area contributed by atoms with E-state index in [4.69, 9.17) is 9.47 Å². The van der Waals surface area contributed by atoms with Crippen LogP contribution in [0.25, 0.3) is 0 Å². The Labute approximate surface area is 284 Å². The molecule has 0 aromatic rings. The van der Waals surface area contributed by atoms with E-state index < -0.39 is 6.10 Å². The molecule has 0 bridgehead atoms. The van der Waals surface area contributed by atoms with Crippen LogP contribution in [-0.4, -0.2) is 37.0 Å². The Bertz CT molecular complexity index is 846. The fourth-order valence-corrected chi connectivity index (χ4v) is 4.68. The van der Waals surface area contributed by atoms with Gasteiger partial charge in [-0.05, 0) is 89.9 Å². The number of rotatable bonds is 33. The predicted molar refractivity (Wildman–Crippen MR) is 200 cm³/mol. The van der Waals surface area contributed by atoms with E-state index in [1.165, 1.54) is 38.5 Å². The number of ether oxygens (including phenoxy) is 2. The number of aliphatic hydroxyl groups is 1. The summed E-state index contributed by atoms with van der Waals surface area (Å²) in [6.07, 6.45) is 53.4. The summed E-state index contributed by atoms with van der Waals surface area (Å²) in [6.45, 7) is 5.10. The van der Waals surface area contributed by atoms with Crippen molar-refractivity contribution in [1.29, 1.82) is 0 Å². The molecule has 0 saturated heterocycles. The maximum atomic E-state index is 12.1. The van der Waals surface area contributed by atoms with Gasteiger partial charge in [0.15, 0.2) is 0 Å². The van der Waals surface area contributed by atoms with E-state index in [2.05, 4.69) is 98.9 Å². The second-order valence-electron chi connectivity index (χ2n) is 11.9. The fraction of sp³-hybridized carbons (Fsp3) is 0.643. The van der Waals surface area contributed by atoms with Crippen LogP contribution in [0, 0.1) is 0 Å². The summed E-state index contributed by atoms with van der Waals surface area (Å²) in [7, 11) is 0. The highest BCUT2D eigenvalue weighted by Crippen LogP contribution is 2.10. The smallest absolute Gasteiger partial charge is 0.306 e. The summed E-state index contributed by atoms with van der Waals surface area (Å²) >= 11 is 0. The Balaban J connectivity index is 3.59. The topological polar surface area (TPSA) is 55.8 Å². The van der Waals surface area contributed by atoms with Gasteiger partial charge < -0.3 is 14.6 Å². The van der Waals surface area contributed by atoms with Gasteiger partial charge in [0.25, 0.3) is 0 Å². The van der Waals surface area contributed by atoms with Crippen molar-refractivity contribution in [2.24, 2.45) is 0 Å². The monoisotopic (exact) mass is 639 g/mol. The first-order valence-corrected chi connectivity index (χ1v) is 18.7. The highest BCUT2D eigenvalue weighted by molar-refractivity contribution is 5.69. The molecule has 1 unspecified atom stereocenters. The summed E-state index contributed by atoms with van der Waals surface area (Å²) in [6, 6.07) is 0. The van der Waals surface area contributed by atoms with Gasteiger partial charge in [-0.2, -0.15) is 0 Å². The third kappa shape index (κ3) is 36.0. The normalized spacial score (nSPS) is 13.4. The SMILES string of the molecule is CC/C=C\C/C=C\C/C=C\C/C=C\C/C=C\C/C=C\CCCCCOCC(CO)OC(=O)CCCCCCC/C=C\CCCCC. The van der Waals surface area contributed by atoms with Gasteiger partial charge in [0.1, 0.15) is 6.10 Å². The maximum Gasteiger partial charge on any atom is 0.306 e. The largest absolute Gasteiger partial charge is 0.457 e. The Kier molecular flexibility index (Phi) is 36.7. The third-order valence-electron chi connectivity index (χ3n) is 7.45. The van der Waals surface area contributed by atoms with Crippen molar-refractivity contribution in [2.45, 2.75) is 155 Å². The van der Waals surface area contributed by atoms with E-state index in [1.54, 1.807) is 0 Å². The van der Waals surface area contributed by atoms with Crippen molar-refractivity contribution in [3.63, 3.8) is 0 Å². The van der Waals surface area contributed by atoms with Crippen LogP contribution in [0.1, 0.15) is 149 Å². The molecular formula is C42H70O4. The van der Waals surface area contributed by atoms with Crippen LogP contribution in [0.2, 0.25) is 0 Å².